The average molecular weight is 312 g/mol. The Kier molecular flexibility index (Phi) is 6.05. The van der Waals surface area contributed by atoms with Gasteiger partial charge in [0.2, 0.25) is 0 Å². The minimum absolute atomic E-state index is 0.0567. The summed E-state index contributed by atoms with van der Waals surface area (Å²) < 4.78 is 0. The van der Waals surface area contributed by atoms with Gasteiger partial charge in [0.1, 0.15) is 0 Å². The van der Waals surface area contributed by atoms with E-state index in [1.807, 2.05) is 26.0 Å². The molecule has 0 unspecified atom stereocenters. The molecule has 0 aromatic carbocycles. The van der Waals surface area contributed by atoms with Crippen molar-refractivity contribution >= 4 is 27.5 Å². The van der Waals surface area contributed by atoms with Crippen molar-refractivity contribution in [2.75, 3.05) is 5.33 Å². The number of hydrogen-bond acceptors (Lipinski definition) is 3. The lowest BCUT2D eigenvalue weighted by Gasteiger charge is -2.11. The maximum absolute atomic E-state index is 11.6. The zero-order valence-corrected chi connectivity index (χ0v) is 12.3. The molecule has 0 heterocycles. The van der Waals surface area contributed by atoms with Crippen molar-refractivity contribution in [3.63, 3.8) is 0 Å². The summed E-state index contributed by atoms with van der Waals surface area (Å²) in [6.45, 7) is 3.91. The number of alkyl halides is 1. The first-order chi connectivity index (χ1) is 8.54. The van der Waals surface area contributed by atoms with Crippen LogP contribution >= 0.6 is 15.9 Å². The number of ketones is 2. The fourth-order valence-corrected chi connectivity index (χ4v) is 1.73. The summed E-state index contributed by atoms with van der Waals surface area (Å²) in [5.74, 6) is -0.113. The molecular formula is C14H18BrNO2. The van der Waals surface area contributed by atoms with Crippen LogP contribution in [-0.2, 0) is 9.59 Å². The predicted molar refractivity (Wildman–Crippen MR) is 76.4 cm³/mol. The lowest BCUT2D eigenvalue weighted by Crippen LogP contribution is -2.21. The van der Waals surface area contributed by atoms with E-state index in [9.17, 15) is 9.59 Å². The van der Waals surface area contributed by atoms with E-state index in [-0.39, 0.29) is 11.6 Å². The summed E-state index contributed by atoms with van der Waals surface area (Å²) in [5, 5.41) is 3.82. The molecule has 0 saturated heterocycles. The summed E-state index contributed by atoms with van der Waals surface area (Å²) in [4.78, 5) is 23.1. The van der Waals surface area contributed by atoms with E-state index >= 15 is 0 Å². The van der Waals surface area contributed by atoms with Crippen LogP contribution < -0.4 is 5.32 Å². The molecule has 1 saturated carbocycles. The van der Waals surface area contributed by atoms with Crippen molar-refractivity contribution < 1.29 is 9.59 Å². The molecule has 1 rings (SSSR count). The van der Waals surface area contributed by atoms with Crippen LogP contribution in [0.4, 0.5) is 0 Å². The smallest absolute Gasteiger partial charge is 0.167 e. The Morgan fingerprint density at radius 2 is 1.83 bits per heavy atom. The number of Topliss-reactive ketones (excluding diaryl/α,β-unsaturated/α-hetero) is 2. The third-order valence-corrected chi connectivity index (χ3v) is 3.57. The second-order valence-corrected chi connectivity index (χ2v) is 4.96. The molecule has 0 aliphatic heterocycles. The standard InChI is InChI=1S/C14H18BrNO2/c1-10(8-15)6-7-11(2)16-9-12-13(17)4-3-5-14(12)18/h6-7,9,16H,3-5,8H2,1-2H3/b10-6+,11-7+. The molecule has 0 radical (unpaired) electrons. The van der Waals surface area contributed by atoms with Gasteiger partial charge in [-0.05, 0) is 26.3 Å². The molecule has 1 N–H and O–H groups in total. The van der Waals surface area contributed by atoms with E-state index in [0.29, 0.717) is 24.8 Å². The van der Waals surface area contributed by atoms with Crippen molar-refractivity contribution in [1.82, 2.24) is 5.32 Å². The number of carbonyl (C=O) groups excluding carboxylic acids is 2. The van der Waals surface area contributed by atoms with E-state index in [2.05, 4.69) is 21.2 Å². The van der Waals surface area contributed by atoms with Crippen LogP contribution in [0.2, 0.25) is 0 Å². The zero-order chi connectivity index (χ0) is 13.5. The molecule has 0 spiro atoms. The van der Waals surface area contributed by atoms with Crippen molar-refractivity contribution in [1.29, 1.82) is 0 Å². The van der Waals surface area contributed by atoms with Crippen LogP contribution in [0, 0.1) is 0 Å². The first-order valence-electron chi connectivity index (χ1n) is 5.97. The van der Waals surface area contributed by atoms with Gasteiger partial charge in [0.05, 0.1) is 5.57 Å². The summed E-state index contributed by atoms with van der Waals surface area (Å²) in [7, 11) is 0. The summed E-state index contributed by atoms with van der Waals surface area (Å²) in [5.41, 5.74) is 2.40. The molecule has 18 heavy (non-hydrogen) atoms. The van der Waals surface area contributed by atoms with E-state index in [1.165, 1.54) is 11.8 Å². The molecule has 0 atom stereocenters. The van der Waals surface area contributed by atoms with E-state index in [4.69, 9.17) is 0 Å². The SMILES string of the molecule is C/C(=C\C=C(/C)NC=C1C(=O)CCCC1=O)CBr. The molecule has 0 bridgehead atoms. The summed E-state index contributed by atoms with van der Waals surface area (Å²) in [6.07, 6.45) is 7.07. The van der Waals surface area contributed by atoms with Gasteiger partial charge in [0, 0.05) is 30.1 Å². The molecule has 0 aromatic rings. The summed E-state index contributed by atoms with van der Waals surface area (Å²) >= 11 is 3.36. The number of halogens is 1. The van der Waals surface area contributed by atoms with Crippen LogP contribution in [0.15, 0.2) is 35.2 Å². The number of rotatable bonds is 4. The van der Waals surface area contributed by atoms with Gasteiger partial charge in [-0.2, -0.15) is 0 Å². The number of nitrogens with one attached hydrogen (secondary N) is 1. The van der Waals surface area contributed by atoms with Crippen LogP contribution in [0.25, 0.3) is 0 Å². The van der Waals surface area contributed by atoms with Gasteiger partial charge >= 0.3 is 0 Å². The molecule has 4 heteroatoms. The normalized spacial score (nSPS) is 18.1. The van der Waals surface area contributed by atoms with Gasteiger partial charge in [0.15, 0.2) is 11.6 Å². The molecule has 0 amide bonds. The topological polar surface area (TPSA) is 46.2 Å². The highest BCUT2D eigenvalue weighted by atomic mass is 79.9. The lowest BCUT2D eigenvalue weighted by molar-refractivity contribution is -0.123. The minimum Gasteiger partial charge on any atom is -0.364 e. The lowest BCUT2D eigenvalue weighted by atomic mass is 9.93. The molecule has 0 aromatic heterocycles. The van der Waals surface area contributed by atoms with Gasteiger partial charge in [-0.15, -0.1) is 0 Å². The largest absolute Gasteiger partial charge is 0.364 e. The predicted octanol–water partition coefficient (Wildman–Crippen LogP) is 3.03. The quantitative estimate of drug-likeness (QED) is 0.376. The highest BCUT2D eigenvalue weighted by molar-refractivity contribution is 9.09. The third-order valence-electron chi connectivity index (χ3n) is 2.68. The maximum Gasteiger partial charge on any atom is 0.167 e. The molecule has 1 aliphatic rings. The van der Waals surface area contributed by atoms with E-state index in [1.54, 1.807) is 0 Å². The molecular weight excluding hydrogens is 294 g/mol. The number of allylic oxidation sites excluding steroid dienone is 5. The Morgan fingerprint density at radius 1 is 1.22 bits per heavy atom. The minimum atomic E-state index is -0.0567. The fourth-order valence-electron chi connectivity index (χ4n) is 1.54. The fraction of sp³-hybridized carbons (Fsp3) is 0.429. The Balaban J connectivity index is 2.67. The van der Waals surface area contributed by atoms with Crippen LogP contribution in [0.3, 0.4) is 0 Å². The Labute approximate surface area is 116 Å². The summed E-state index contributed by atoms with van der Waals surface area (Å²) in [6, 6.07) is 0. The van der Waals surface area contributed by atoms with Crippen molar-refractivity contribution in [3.05, 3.63) is 35.2 Å². The third kappa shape index (κ3) is 4.61. The van der Waals surface area contributed by atoms with Gasteiger partial charge in [-0.1, -0.05) is 27.6 Å². The molecule has 1 aliphatic carbocycles. The highest BCUT2D eigenvalue weighted by Gasteiger charge is 2.22. The second kappa shape index (κ2) is 7.31. The Bertz CT molecular complexity index is 415. The Morgan fingerprint density at radius 3 is 2.39 bits per heavy atom. The van der Waals surface area contributed by atoms with Crippen LogP contribution in [0.5, 0.6) is 0 Å². The van der Waals surface area contributed by atoms with Gasteiger partial charge in [0.25, 0.3) is 0 Å². The van der Waals surface area contributed by atoms with Crippen molar-refractivity contribution in [2.45, 2.75) is 33.1 Å². The number of carbonyl (C=O) groups is 2. The molecule has 1 fully saturated rings. The van der Waals surface area contributed by atoms with Gasteiger partial charge in [-0.25, -0.2) is 0 Å². The first-order valence-corrected chi connectivity index (χ1v) is 7.10. The van der Waals surface area contributed by atoms with E-state index in [0.717, 1.165) is 11.0 Å². The van der Waals surface area contributed by atoms with Gasteiger partial charge < -0.3 is 5.32 Å². The van der Waals surface area contributed by atoms with Crippen LogP contribution in [0.1, 0.15) is 33.1 Å². The second-order valence-electron chi connectivity index (χ2n) is 4.40. The Hall–Kier alpha value is -1.16. The molecule has 98 valence electrons. The highest BCUT2D eigenvalue weighted by Crippen LogP contribution is 2.15. The first kappa shape index (κ1) is 14.9. The van der Waals surface area contributed by atoms with E-state index < -0.39 is 0 Å². The average Bonchev–Trinajstić information content (AvgIpc) is 2.35. The monoisotopic (exact) mass is 311 g/mol. The number of hydrogen-bond donors (Lipinski definition) is 1. The van der Waals surface area contributed by atoms with Crippen LogP contribution in [-0.4, -0.2) is 16.9 Å². The maximum atomic E-state index is 11.6. The van der Waals surface area contributed by atoms with Crippen molar-refractivity contribution in [3.8, 4) is 0 Å². The van der Waals surface area contributed by atoms with Crippen molar-refractivity contribution in [2.24, 2.45) is 0 Å². The molecule has 3 nitrogen and oxygen atoms in total. The zero-order valence-electron chi connectivity index (χ0n) is 10.8. The van der Waals surface area contributed by atoms with Gasteiger partial charge in [-0.3, -0.25) is 9.59 Å².